The first-order chi connectivity index (χ1) is 15.1. The number of hydrogen-bond donors (Lipinski definition) is 3. The molecule has 0 radical (unpaired) electrons. The van der Waals surface area contributed by atoms with Crippen molar-refractivity contribution in [3.05, 3.63) is 68.7 Å². The second-order valence-corrected chi connectivity index (χ2v) is 7.51. The molecule has 2 aromatic rings. The van der Waals surface area contributed by atoms with Crippen LogP contribution in [0.2, 0.25) is 5.02 Å². The average Bonchev–Trinajstić information content (AvgIpc) is 2.75. The van der Waals surface area contributed by atoms with Crippen LogP contribution in [-0.2, 0) is 9.59 Å². The van der Waals surface area contributed by atoms with Crippen molar-refractivity contribution in [2.45, 2.75) is 19.9 Å². The van der Waals surface area contributed by atoms with Crippen LogP contribution in [0.3, 0.4) is 0 Å². The highest BCUT2D eigenvalue weighted by Gasteiger charge is 2.26. The van der Waals surface area contributed by atoms with Crippen LogP contribution in [0.1, 0.15) is 29.8 Å². The van der Waals surface area contributed by atoms with E-state index in [-0.39, 0.29) is 28.7 Å². The molecule has 2 rings (SSSR count). The smallest absolute Gasteiger partial charge is 0.270 e. The van der Waals surface area contributed by atoms with Gasteiger partial charge in [0, 0.05) is 23.4 Å². The average molecular weight is 457 g/mol. The molecule has 0 aliphatic rings. The molecule has 1 unspecified atom stereocenters. The Morgan fingerprint density at radius 2 is 1.91 bits per heavy atom. The molecule has 0 aliphatic heterocycles. The molecule has 32 heavy (non-hydrogen) atoms. The van der Waals surface area contributed by atoms with Gasteiger partial charge in [0.1, 0.15) is 6.04 Å². The molecule has 3 N–H and O–H groups in total. The predicted molar refractivity (Wildman–Crippen MR) is 120 cm³/mol. The van der Waals surface area contributed by atoms with E-state index < -0.39 is 28.7 Å². The van der Waals surface area contributed by atoms with Crippen molar-refractivity contribution in [1.82, 2.24) is 10.6 Å². The monoisotopic (exact) mass is 456 g/mol. The summed E-state index contributed by atoms with van der Waals surface area (Å²) in [5, 5.41) is 18.4. The van der Waals surface area contributed by atoms with Crippen LogP contribution in [0.15, 0.2) is 42.5 Å². The summed E-state index contributed by atoms with van der Waals surface area (Å²) in [5.74, 6) is 0.430. The number of anilines is 1. The van der Waals surface area contributed by atoms with Gasteiger partial charge in [-0.2, -0.15) is 0 Å². The van der Waals surface area contributed by atoms with Gasteiger partial charge in [-0.15, -0.1) is 6.42 Å². The molecule has 0 saturated heterocycles. The topological polar surface area (TPSA) is 130 Å². The number of hydrogen-bond acceptors (Lipinski definition) is 5. The summed E-state index contributed by atoms with van der Waals surface area (Å²) in [5.41, 5.74) is 0.811. The zero-order chi connectivity index (χ0) is 23.8. The number of benzene rings is 2. The van der Waals surface area contributed by atoms with Gasteiger partial charge in [-0.1, -0.05) is 37.4 Å². The normalized spacial score (nSPS) is 11.2. The molecule has 10 heteroatoms. The summed E-state index contributed by atoms with van der Waals surface area (Å²) >= 11 is 5.98. The van der Waals surface area contributed by atoms with Gasteiger partial charge >= 0.3 is 0 Å². The van der Waals surface area contributed by atoms with E-state index in [1.807, 2.05) is 0 Å². The second-order valence-electron chi connectivity index (χ2n) is 7.11. The minimum absolute atomic E-state index is 0.0122. The van der Waals surface area contributed by atoms with E-state index in [4.69, 9.17) is 18.0 Å². The van der Waals surface area contributed by atoms with Crippen molar-refractivity contribution < 1.29 is 19.3 Å². The summed E-state index contributed by atoms with van der Waals surface area (Å²) in [6, 6.07) is 9.12. The van der Waals surface area contributed by atoms with Gasteiger partial charge in [0.05, 0.1) is 22.1 Å². The standard InChI is InChI=1S/C22H21ClN4O5/c1-4-14-6-5-7-15(10-14)25-19(28)12-24-22(30)20(13(2)3)26-21(29)17-9-8-16(27(31)32)11-18(17)23/h1,5-11,13,20H,12H2,2-3H3,(H,24,30)(H,25,28)(H,26,29). The lowest BCUT2D eigenvalue weighted by Gasteiger charge is -2.22. The molecule has 0 heterocycles. The van der Waals surface area contributed by atoms with Crippen molar-refractivity contribution >= 4 is 40.7 Å². The molecule has 9 nitrogen and oxygen atoms in total. The number of nitrogens with zero attached hydrogens (tertiary/aromatic N) is 1. The molecule has 0 spiro atoms. The van der Waals surface area contributed by atoms with Gasteiger partial charge < -0.3 is 16.0 Å². The Balaban J connectivity index is 2.00. The molecule has 0 aliphatic carbocycles. The Kier molecular flexibility index (Phi) is 8.32. The van der Waals surface area contributed by atoms with Gasteiger partial charge in [-0.05, 0) is 30.2 Å². The van der Waals surface area contributed by atoms with E-state index >= 15 is 0 Å². The number of terminal acetylenes is 1. The highest BCUT2D eigenvalue weighted by Crippen LogP contribution is 2.22. The number of carbonyl (C=O) groups excluding carboxylic acids is 3. The molecule has 0 aromatic heterocycles. The summed E-state index contributed by atoms with van der Waals surface area (Å²) < 4.78 is 0. The first-order valence-electron chi connectivity index (χ1n) is 9.51. The third kappa shape index (κ3) is 6.55. The third-order valence-corrected chi connectivity index (χ3v) is 4.69. The van der Waals surface area contributed by atoms with Crippen LogP contribution >= 0.6 is 11.6 Å². The summed E-state index contributed by atoms with van der Waals surface area (Å²) in [6.07, 6.45) is 5.33. The molecule has 3 amide bonds. The first-order valence-corrected chi connectivity index (χ1v) is 9.89. The van der Waals surface area contributed by atoms with Crippen molar-refractivity contribution in [3.63, 3.8) is 0 Å². The minimum atomic E-state index is -0.966. The van der Waals surface area contributed by atoms with Crippen molar-refractivity contribution in [2.24, 2.45) is 5.92 Å². The van der Waals surface area contributed by atoms with Crippen LogP contribution in [0.25, 0.3) is 0 Å². The van der Waals surface area contributed by atoms with E-state index in [1.165, 1.54) is 6.07 Å². The maximum absolute atomic E-state index is 12.6. The largest absolute Gasteiger partial charge is 0.345 e. The zero-order valence-corrected chi connectivity index (χ0v) is 18.1. The fraction of sp³-hybridized carbons (Fsp3) is 0.227. The Morgan fingerprint density at radius 1 is 1.19 bits per heavy atom. The number of non-ortho nitro benzene ring substituents is 1. The fourth-order valence-electron chi connectivity index (χ4n) is 2.72. The van der Waals surface area contributed by atoms with Crippen molar-refractivity contribution in [1.29, 1.82) is 0 Å². The molecule has 0 fully saturated rings. The van der Waals surface area contributed by atoms with Crippen LogP contribution in [0.4, 0.5) is 11.4 Å². The van der Waals surface area contributed by atoms with E-state index in [2.05, 4.69) is 21.9 Å². The number of nitrogens with one attached hydrogen (secondary N) is 3. The highest BCUT2D eigenvalue weighted by molar-refractivity contribution is 6.34. The Bertz CT molecular complexity index is 1090. The van der Waals surface area contributed by atoms with E-state index in [0.717, 1.165) is 12.1 Å². The second kappa shape index (κ2) is 10.9. The summed E-state index contributed by atoms with van der Waals surface area (Å²) in [7, 11) is 0. The fourth-order valence-corrected chi connectivity index (χ4v) is 2.99. The number of rotatable bonds is 8. The first kappa shape index (κ1) is 24.4. The predicted octanol–water partition coefficient (Wildman–Crippen LogP) is 2.74. The van der Waals surface area contributed by atoms with Crippen LogP contribution in [-0.4, -0.2) is 35.2 Å². The summed E-state index contributed by atoms with van der Waals surface area (Å²) in [6.45, 7) is 3.11. The van der Waals surface area contributed by atoms with E-state index in [0.29, 0.717) is 11.3 Å². The molecular weight excluding hydrogens is 436 g/mol. The van der Waals surface area contributed by atoms with Gasteiger partial charge in [0.15, 0.2) is 0 Å². The third-order valence-electron chi connectivity index (χ3n) is 4.38. The van der Waals surface area contributed by atoms with E-state index in [9.17, 15) is 24.5 Å². The summed E-state index contributed by atoms with van der Waals surface area (Å²) in [4.78, 5) is 47.5. The number of halogens is 1. The Labute approximate surface area is 189 Å². The van der Waals surface area contributed by atoms with Gasteiger partial charge in [0.2, 0.25) is 11.8 Å². The van der Waals surface area contributed by atoms with Gasteiger partial charge in [-0.3, -0.25) is 24.5 Å². The van der Waals surface area contributed by atoms with Crippen LogP contribution in [0, 0.1) is 28.4 Å². The number of carbonyl (C=O) groups is 3. The maximum atomic E-state index is 12.6. The lowest BCUT2D eigenvalue weighted by molar-refractivity contribution is -0.384. The molecule has 0 bridgehead atoms. The number of nitro benzene ring substituents is 1. The quantitative estimate of drug-likeness (QED) is 0.319. The van der Waals surface area contributed by atoms with Crippen LogP contribution < -0.4 is 16.0 Å². The van der Waals surface area contributed by atoms with E-state index in [1.54, 1.807) is 38.1 Å². The minimum Gasteiger partial charge on any atom is -0.345 e. The molecule has 2 aromatic carbocycles. The van der Waals surface area contributed by atoms with Crippen LogP contribution in [0.5, 0.6) is 0 Å². The van der Waals surface area contributed by atoms with Crippen molar-refractivity contribution in [2.75, 3.05) is 11.9 Å². The molecule has 0 saturated carbocycles. The number of nitro groups is 1. The molecular formula is C22H21ClN4O5. The van der Waals surface area contributed by atoms with Crippen molar-refractivity contribution in [3.8, 4) is 12.3 Å². The lowest BCUT2D eigenvalue weighted by atomic mass is 10.0. The lowest BCUT2D eigenvalue weighted by Crippen LogP contribution is -2.51. The molecule has 166 valence electrons. The van der Waals surface area contributed by atoms with Gasteiger partial charge in [-0.25, -0.2) is 0 Å². The highest BCUT2D eigenvalue weighted by atomic mass is 35.5. The maximum Gasteiger partial charge on any atom is 0.270 e. The Morgan fingerprint density at radius 3 is 2.50 bits per heavy atom. The molecule has 1 atom stereocenters. The zero-order valence-electron chi connectivity index (χ0n) is 17.3. The number of amides is 3. The SMILES string of the molecule is C#Cc1cccc(NC(=O)CNC(=O)C(NC(=O)c2ccc([N+](=O)[O-])cc2Cl)C(C)C)c1. The van der Waals surface area contributed by atoms with Gasteiger partial charge in [0.25, 0.3) is 11.6 Å². The Hall–Kier alpha value is -3.90.